The molecule has 7 heteroatoms. The number of aromatic nitrogens is 2. The normalized spacial score (nSPS) is 27.1. The third kappa shape index (κ3) is 3.25. The Hall–Kier alpha value is -2.02. The Morgan fingerprint density at radius 2 is 2.08 bits per heavy atom. The number of ketones is 1. The maximum atomic E-state index is 12.5. The molecule has 2 fully saturated rings. The smallest absolute Gasteiger partial charge is 0.309 e. The van der Waals surface area contributed by atoms with Crippen LogP contribution in [-0.4, -0.2) is 21.9 Å². The number of thiophene rings is 1. The molecular formula is C18H20N2O4S. The first-order valence-electron chi connectivity index (χ1n) is 8.73. The standard InChI is InChI=1S/C18H20N2O4S/c1-10(16-19-20-17(24-16)14-6-3-7-25-14)23-18(22)13-8-11-4-2-5-12(9-13)15(11)21/h3,6-7,10-13H,2,4-5,8-9H2,1H3. The van der Waals surface area contributed by atoms with Crippen molar-refractivity contribution in [3.63, 3.8) is 0 Å². The van der Waals surface area contributed by atoms with Crippen LogP contribution < -0.4 is 0 Å². The molecule has 132 valence electrons. The second kappa shape index (κ2) is 6.71. The van der Waals surface area contributed by atoms with Crippen LogP contribution in [0.25, 0.3) is 10.8 Å². The SMILES string of the molecule is CC(OC(=O)C1CC2CCCC(C1)C2=O)c1nnc(-c2cccs2)o1. The van der Waals surface area contributed by atoms with Crippen LogP contribution in [0.5, 0.6) is 0 Å². The van der Waals surface area contributed by atoms with Crippen molar-refractivity contribution in [3.05, 3.63) is 23.4 Å². The van der Waals surface area contributed by atoms with Gasteiger partial charge < -0.3 is 9.15 Å². The van der Waals surface area contributed by atoms with Gasteiger partial charge in [0.25, 0.3) is 11.8 Å². The largest absolute Gasteiger partial charge is 0.452 e. The number of carbonyl (C=O) groups excluding carboxylic acids is 2. The van der Waals surface area contributed by atoms with Gasteiger partial charge in [-0.25, -0.2) is 0 Å². The summed E-state index contributed by atoms with van der Waals surface area (Å²) in [5, 5.41) is 9.95. The van der Waals surface area contributed by atoms with Gasteiger partial charge in [0.1, 0.15) is 5.78 Å². The van der Waals surface area contributed by atoms with Gasteiger partial charge in [0, 0.05) is 11.8 Å². The highest BCUT2D eigenvalue weighted by atomic mass is 32.1. The number of esters is 1. The number of fused-ring (bicyclic) bond motifs is 2. The monoisotopic (exact) mass is 360 g/mol. The van der Waals surface area contributed by atoms with E-state index >= 15 is 0 Å². The predicted octanol–water partition coefficient (Wildman–Crippen LogP) is 3.80. The van der Waals surface area contributed by atoms with Crippen LogP contribution in [0.2, 0.25) is 0 Å². The quantitative estimate of drug-likeness (QED) is 0.771. The summed E-state index contributed by atoms with van der Waals surface area (Å²) >= 11 is 1.51. The molecule has 2 heterocycles. The summed E-state index contributed by atoms with van der Waals surface area (Å²) in [4.78, 5) is 25.6. The first-order valence-corrected chi connectivity index (χ1v) is 9.61. The number of rotatable bonds is 4. The average Bonchev–Trinajstić information content (AvgIpc) is 3.26. The van der Waals surface area contributed by atoms with Crippen LogP contribution >= 0.6 is 11.3 Å². The van der Waals surface area contributed by atoms with Gasteiger partial charge in [-0.1, -0.05) is 12.5 Å². The summed E-state index contributed by atoms with van der Waals surface area (Å²) in [6.07, 6.45) is 3.54. The minimum absolute atomic E-state index is 0.0363. The molecule has 0 amide bonds. The lowest BCUT2D eigenvalue weighted by atomic mass is 9.67. The van der Waals surface area contributed by atoms with E-state index in [4.69, 9.17) is 9.15 Å². The highest BCUT2D eigenvalue weighted by Gasteiger charge is 2.42. The summed E-state index contributed by atoms with van der Waals surface area (Å²) in [5.41, 5.74) is 0. The van der Waals surface area contributed by atoms with E-state index in [9.17, 15) is 9.59 Å². The van der Waals surface area contributed by atoms with Gasteiger partial charge in [0.2, 0.25) is 0 Å². The highest BCUT2D eigenvalue weighted by Crippen LogP contribution is 2.41. The van der Waals surface area contributed by atoms with Gasteiger partial charge in [0.15, 0.2) is 6.10 Å². The molecule has 2 bridgehead atoms. The van der Waals surface area contributed by atoms with Gasteiger partial charge in [-0.05, 0) is 44.1 Å². The molecule has 6 nitrogen and oxygen atoms in total. The number of hydrogen-bond acceptors (Lipinski definition) is 7. The van der Waals surface area contributed by atoms with Crippen molar-refractivity contribution in [2.45, 2.75) is 45.1 Å². The first kappa shape index (κ1) is 16.4. The fraction of sp³-hybridized carbons (Fsp3) is 0.556. The van der Waals surface area contributed by atoms with Crippen molar-refractivity contribution < 1.29 is 18.7 Å². The lowest BCUT2D eigenvalue weighted by Gasteiger charge is -2.36. The molecule has 2 aliphatic rings. The fourth-order valence-corrected chi connectivity index (χ4v) is 4.54. The number of Topliss-reactive ketones (excluding diaryl/α,β-unsaturated/α-hetero) is 1. The Bertz CT molecular complexity index is 754. The van der Waals surface area contributed by atoms with Gasteiger partial charge in [0.05, 0.1) is 10.8 Å². The molecule has 2 aromatic heterocycles. The second-order valence-corrected chi connectivity index (χ2v) is 7.85. The fourth-order valence-electron chi connectivity index (χ4n) is 3.89. The van der Waals surface area contributed by atoms with Gasteiger partial charge in [-0.15, -0.1) is 21.5 Å². The molecule has 2 saturated carbocycles. The topological polar surface area (TPSA) is 82.3 Å². The van der Waals surface area contributed by atoms with Crippen LogP contribution in [0.1, 0.15) is 51.0 Å². The third-order valence-corrected chi connectivity index (χ3v) is 6.05. The predicted molar refractivity (Wildman–Crippen MR) is 90.7 cm³/mol. The number of ether oxygens (including phenoxy) is 1. The van der Waals surface area contributed by atoms with Crippen molar-refractivity contribution in [2.75, 3.05) is 0 Å². The van der Waals surface area contributed by atoms with E-state index < -0.39 is 6.10 Å². The van der Waals surface area contributed by atoms with E-state index in [2.05, 4.69) is 10.2 Å². The summed E-state index contributed by atoms with van der Waals surface area (Å²) < 4.78 is 11.2. The summed E-state index contributed by atoms with van der Waals surface area (Å²) in [7, 11) is 0. The molecule has 0 aromatic carbocycles. The molecule has 4 rings (SSSR count). The molecule has 0 radical (unpaired) electrons. The minimum Gasteiger partial charge on any atom is -0.452 e. The molecular weight excluding hydrogens is 340 g/mol. The number of hydrogen-bond donors (Lipinski definition) is 0. The van der Waals surface area contributed by atoms with Crippen LogP contribution in [0, 0.1) is 17.8 Å². The minimum atomic E-state index is -0.591. The zero-order valence-electron chi connectivity index (χ0n) is 14.0. The summed E-state index contributed by atoms with van der Waals surface area (Å²) in [6, 6.07) is 3.81. The van der Waals surface area contributed by atoms with Crippen molar-refractivity contribution in [2.24, 2.45) is 17.8 Å². The van der Waals surface area contributed by atoms with E-state index in [1.165, 1.54) is 11.3 Å². The average molecular weight is 360 g/mol. The Balaban J connectivity index is 1.40. The maximum absolute atomic E-state index is 12.5. The zero-order chi connectivity index (χ0) is 17.4. The highest BCUT2D eigenvalue weighted by molar-refractivity contribution is 7.13. The van der Waals surface area contributed by atoms with E-state index in [0.29, 0.717) is 30.4 Å². The van der Waals surface area contributed by atoms with Crippen molar-refractivity contribution in [3.8, 4) is 10.8 Å². The van der Waals surface area contributed by atoms with Gasteiger partial charge in [-0.2, -0.15) is 0 Å². The lowest BCUT2D eigenvalue weighted by Crippen LogP contribution is -2.39. The second-order valence-electron chi connectivity index (χ2n) is 6.90. The van der Waals surface area contributed by atoms with Crippen LogP contribution in [-0.2, 0) is 14.3 Å². The Kier molecular flexibility index (Phi) is 4.41. The maximum Gasteiger partial charge on any atom is 0.309 e. The molecule has 25 heavy (non-hydrogen) atoms. The molecule has 2 aromatic rings. The summed E-state index contributed by atoms with van der Waals surface area (Å²) in [5.74, 6) is 0.696. The number of nitrogens with zero attached hydrogens (tertiary/aromatic N) is 2. The Labute approximate surface area is 149 Å². The molecule has 3 atom stereocenters. The van der Waals surface area contributed by atoms with Crippen LogP contribution in [0.4, 0.5) is 0 Å². The molecule has 0 saturated heterocycles. The first-order chi connectivity index (χ1) is 12.1. The number of carbonyl (C=O) groups is 2. The van der Waals surface area contributed by atoms with Crippen LogP contribution in [0.3, 0.4) is 0 Å². The Morgan fingerprint density at radius 3 is 2.76 bits per heavy atom. The third-order valence-electron chi connectivity index (χ3n) is 5.19. The Morgan fingerprint density at radius 1 is 1.32 bits per heavy atom. The van der Waals surface area contributed by atoms with E-state index in [1.807, 2.05) is 17.5 Å². The van der Waals surface area contributed by atoms with E-state index in [1.54, 1.807) is 6.92 Å². The molecule has 0 N–H and O–H groups in total. The molecule has 2 aliphatic carbocycles. The van der Waals surface area contributed by atoms with E-state index in [-0.39, 0.29) is 23.7 Å². The van der Waals surface area contributed by atoms with E-state index in [0.717, 1.165) is 24.1 Å². The molecule has 3 unspecified atom stereocenters. The lowest BCUT2D eigenvalue weighted by molar-refractivity contribution is -0.159. The van der Waals surface area contributed by atoms with Gasteiger partial charge >= 0.3 is 5.97 Å². The molecule has 0 aliphatic heterocycles. The van der Waals surface area contributed by atoms with Crippen molar-refractivity contribution in [1.82, 2.24) is 10.2 Å². The van der Waals surface area contributed by atoms with Crippen LogP contribution in [0.15, 0.2) is 21.9 Å². The zero-order valence-corrected chi connectivity index (χ0v) is 14.8. The molecule has 0 spiro atoms. The van der Waals surface area contributed by atoms with Crippen molar-refractivity contribution in [1.29, 1.82) is 0 Å². The summed E-state index contributed by atoms with van der Waals surface area (Å²) in [6.45, 7) is 1.73. The van der Waals surface area contributed by atoms with Gasteiger partial charge in [-0.3, -0.25) is 9.59 Å². The van der Waals surface area contributed by atoms with Crippen molar-refractivity contribution >= 4 is 23.1 Å².